The highest BCUT2D eigenvalue weighted by Crippen LogP contribution is 2.50. The average molecular weight is 168 g/mol. The van der Waals surface area contributed by atoms with Crippen molar-refractivity contribution >= 4 is 0 Å². The van der Waals surface area contributed by atoms with E-state index in [2.05, 4.69) is 13.5 Å². The predicted octanol–water partition coefficient (Wildman–Crippen LogP) is 1.49. The molecule has 1 saturated carbocycles. The summed E-state index contributed by atoms with van der Waals surface area (Å²) in [5, 5.41) is 9.64. The lowest BCUT2D eigenvalue weighted by molar-refractivity contribution is 0.109. The SMILES string of the molecule is C=C(C)[C@H]1C[C@H](O)[C@H]2O[C@]2(C)C1. The topological polar surface area (TPSA) is 32.8 Å². The van der Waals surface area contributed by atoms with Crippen molar-refractivity contribution in [3.05, 3.63) is 12.2 Å². The molecule has 0 aromatic heterocycles. The zero-order valence-corrected chi connectivity index (χ0v) is 7.71. The van der Waals surface area contributed by atoms with Crippen LogP contribution < -0.4 is 0 Å². The fourth-order valence-corrected chi connectivity index (χ4v) is 2.27. The molecule has 2 aliphatic rings. The van der Waals surface area contributed by atoms with Crippen molar-refractivity contribution in [3.8, 4) is 0 Å². The van der Waals surface area contributed by atoms with E-state index < -0.39 is 0 Å². The summed E-state index contributed by atoms with van der Waals surface area (Å²) in [5.74, 6) is 0.448. The van der Waals surface area contributed by atoms with Gasteiger partial charge in [0.15, 0.2) is 0 Å². The molecule has 12 heavy (non-hydrogen) atoms. The summed E-state index contributed by atoms with van der Waals surface area (Å²) in [6.07, 6.45) is 1.69. The van der Waals surface area contributed by atoms with Gasteiger partial charge in [-0.05, 0) is 32.6 Å². The highest BCUT2D eigenvalue weighted by Gasteiger charge is 2.59. The largest absolute Gasteiger partial charge is 0.390 e. The number of ether oxygens (including phenoxy) is 1. The van der Waals surface area contributed by atoms with Gasteiger partial charge < -0.3 is 9.84 Å². The smallest absolute Gasteiger partial charge is 0.113 e. The van der Waals surface area contributed by atoms with Crippen LogP contribution >= 0.6 is 0 Å². The Hall–Kier alpha value is -0.340. The predicted molar refractivity (Wildman–Crippen MR) is 46.8 cm³/mol. The van der Waals surface area contributed by atoms with Crippen molar-refractivity contribution in [2.24, 2.45) is 5.92 Å². The van der Waals surface area contributed by atoms with Crippen LogP contribution in [0.2, 0.25) is 0 Å². The van der Waals surface area contributed by atoms with Gasteiger partial charge in [-0.1, -0.05) is 12.2 Å². The fraction of sp³-hybridized carbons (Fsp3) is 0.800. The average Bonchev–Trinajstić information content (AvgIpc) is 2.61. The third-order valence-electron chi connectivity index (χ3n) is 3.16. The number of allylic oxidation sites excluding steroid dienone is 1. The maximum Gasteiger partial charge on any atom is 0.113 e. The monoisotopic (exact) mass is 168 g/mol. The lowest BCUT2D eigenvalue weighted by atomic mass is 9.78. The van der Waals surface area contributed by atoms with Crippen molar-refractivity contribution in [2.45, 2.75) is 44.5 Å². The first kappa shape index (κ1) is 8.27. The van der Waals surface area contributed by atoms with Crippen molar-refractivity contribution in [2.75, 3.05) is 0 Å². The van der Waals surface area contributed by atoms with Crippen LogP contribution in [0.3, 0.4) is 0 Å². The van der Waals surface area contributed by atoms with Crippen LogP contribution in [0.1, 0.15) is 26.7 Å². The summed E-state index contributed by atoms with van der Waals surface area (Å²) in [5.41, 5.74) is 1.13. The Balaban J connectivity index is 2.09. The van der Waals surface area contributed by atoms with E-state index in [0.717, 1.165) is 12.8 Å². The van der Waals surface area contributed by atoms with Gasteiger partial charge in [-0.25, -0.2) is 0 Å². The Morgan fingerprint density at radius 2 is 2.33 bits per heavy atom. The number of hydrogen-bond acceptors (Lipinski definition) is 2. The van der Waals surface area contributed by atoms with E-state index in [1.54, 1.807) is 0 Å². The zero-order chi connectivity index (χ0) is 8.93. The van der Waals surface area contributed by atoms with Gasteiger partial charge >= 0.3 is 0 Å². The third-order valence-corrected chi connectivity index (χ3v) is 3.16. The Kier molecular flexibility index (Phi) is 1.61. The zero-order valence-electron chi connectivity index (χ0n) is 7.71. The van der Waals surface area contributed by atoms with E-state index in [-0.39, 0.29) is 17.8 Å². The van der Waals surface area contributed by atoms with E-state index in [1.807, 2.05) is 6.92 Å². The van der Waals surface area contributed by atoms with Crippen LogP contribution in [0, 0.1) is 5.92 Å². The number of aliphatic hydroxyl groups excluding tert-OH is 1. The summed E-state index contributed by atoms with van der Waals surface area (Å²) >= 11 is 0. The molecule has 1 heterocycles. The third kappa shape index (κ3) is 1.10. The van der Waals surface area contributed by atoms with E-state index >= 15 is 0 Å². The van der Waals surface area contributed by atoms with Gasteiger partial charge in [0.25, 0.3) is 0 Å². The standard InChI is InChI=1S/C10H16O2/c1-6(2)7-4-8(11)9-10(3,5-7)12-9/h7-9,11H,1,4-5H2,2-3H3/t7-,8-,9+,10+/m0/s1. The summed E-state index contributed by atoms with van der Waals surface area (Å²) < 4.78 is 5.47. The van der Waals surface area contributed by atoms with Crippen molar-refractivity contribution in [1.82, 2.24) is 0 Å². The van der Waals surface area contributed by atoms with E-state index in [9.17, 15) is 5.11 Å². The molecule has 2 nitrogen and oxygen atoms in total. The van der Waals surface area contributed by atoms with Crippen molar-refractivity contribution < 1.29 is 9.84 Å². The summed E-state index contributed by atoms with van der Waals surface area (Å²) in [7, 11) is 0. The summed E-state index contributed by atoms with van der Waals surface area (Å²) in [6.45, 7) is 8.04. The highest BCUT2D eigenvalue weighted by molar-refractivity contribution is 5.13. The molecule has 0 aromatic carbocycles. The molecule has 0 unspecified atom stereocenters. The first-order valence-corrected chi connectivity index (χ1v) is 4.54. The van der Waals surface area contributed by atoms with Gasteiger partial charge in [-0.2, -0.15) is 0 Å². The Morgan fingerprint density at radius 3 is 2.83 bits per heavy atom. The van der Waals surface area contributed by atoms with E-state index in [0.29, 0.717) is 5.92 Å². The van der Waals surface area contributed by atoms with Crippen LogP contribution in [-0.4, -0.2) is 22.9 Å². The maximum absolute atomic E-state index is 9.64. The van der Waals surface area contributed by atoms with Gasteiger partial charge in [0.05, 0.1) is 11.7 Å². The molecular formula is C10H16O2. The van der Waals surface area contributed by atoms with Crippen LogP contribution in [0.5, 0.6) is 0 Å². The molecule has 1 aliphatic heterocycles. The number of hydrogen-bond donors (Lipinski definition) is 1. The van der Waals surface area contributed by atoms with Gasteiger partial charge in [0, 0.05) is 0 Å². The second-order valence-electron chi connectivity index (χ2n) is 4.40. The van der Waals surface area contributed by atoms with Gasteiger partial charge in [0.2, 0.25) is 0 Å². The van der Waals surface area contributed by atoms with Crippen LogP contribution in [0.25, 0.3) is 0 Å². The Bertz CT molecular complexity index is 224. The molecular weight excluding hydrogens is 152 g/mol. The first-order valence-electron chi connectivity index (χ1n) is 4.54. The summed E-state index contributed by atoms with van der Waals surface area (Å²) in [6, 6.07) is 0. The summed E-state index contributed by atoms with van der Waals surface area (Å²) in [4.78, 5) is 0. The molecule has 2 heteroatoms. The van der Waals surface area contributed by atoms with Gasteiger partial charge in [0.1, 0.15) is 6.10 Å². The second kappa shape index (κ2) is 2.33. The lowest BCUT2D eigenvalue weighted by Gasteiger charge is -2.26. The van der Waals surface area contributed by atoms with Gasteiger partial charge in [-0.15, -0.1) is 0 Å². The van der Waals surface area contributed by atoms with E-state index in [4.69, 9.17) is 4.74 Å². The lowest BCUT2D eigenvalue weighted by Crippen LogP contribution is -2.33. The molecule has 4 atom stereocenters. The van der Waals surface area contributed by atoms with Gasteiger partial charge in [-0.3, -0.25) is 0 Å². The molecule has 1 N–H and O–H groups in total. The Labute approximate surface area is 73.2 Å². The number of rotatable bonds is 1. The Morgan fingerprint density at radius 1 is 1.67 bits per heavy atom. The molecule has 68 valence electrons. The highest BCUT2D eigenvalue weighted by atomic mass is 16.6. The van der Waals surface area contributed by atoms with Crippen LogP contribution in [-0.2, 0) is 4.74 Å². The number of aliphatic hydroxyl groups is 1. The molecule has 2 fully saturated rings. The minimum absolute atomic E-state index is 0.0404. The second-order valence-corrected chi connectivity index (χ2v) is 4.40. The van der Waals surface area contributed by atoms with Crippen molar-refractivity contribution in [1.29, 1.82) is 0 Å². The van der Waals surface area contributed by atoms with Crippen LogP contribution in [0.15, 0.2) is 12.2 Å². The maximum atomic E-state index is 9.64. The molecule has 0 aromatic rings. The number of epoxide rings is 1. The normalized spacial score (nSPS) is 51.4. The molecule has 0 spiro atoms. The minimum atomic E-state index is -0.273. The molecule has 2 rings (SSSR count). The minimum Gasteiger partial charge on any atom is -0.390 e. The van der Waals surface area contributed by atoms with E-state index in [1.165, 1.54) is 5.57 Å². The van der Waals surface area contributed by atoms with Crippen LogP contribution in [0.4, 0.5) is 0 Å². The first-order chi connectivity index (χ1) is 5.53. The molecule has 0 bridgehead atoms. The number of fused-ring (bicyclic) bond motifs is 1. The molecule has 1 aliphatic carbocycles. The quantitative estimate of drug-likeness (QED) is 0.475. The molecule has 1 saturated heterocycles. The van der Waals surface area contributed by atoms with Crippen molar-refractivity contribution in [3.63, 3.8) is 0 Å². The molecule has 0 radical (unpaired) electrons. The fourth-order valence-electron chi connectivity index (χ4n) is 2.27. The molecule has 0 amide bonds.